The molecule has 0 bridgehead atoms. The van der Waals surface area contributed by atoms with E-state index in [4.69, 9.17) is 0 Å². The molecule has 1 aromatic rings. The van der Waals surface area contributed by atoms with E-state index in [0.29, 0.717) is 6.42 Å². The van der Waals surface area contributed by atoms with Gasteiger partial charge in [-0.05, 0) is 38.5 Å². The van der Waals surface area contributed by atoms with Crippen LogP contribution in [0.4, 0.5) is 5.82 Å². The summed E-state index contributed by atoms with van der Waals surface area (Å²) in [5.41, 5.74) is 2.31. The molecular formula is C15H21N3O2. The molecule has 5 nitrogen and oxygen atoms in total. The highest BCUT2D eigenvalue weighted by Gasteiger charge is 2.30. The van der Waals surface area contributed by atoms with Crippen molar-refractivity contribution >= 4 is 11.8 Å². The molecule has 20 heavy (non-hydrogen) atoms. The van der Waals surface area contributed by atoms with Crippen LogP contribution >= 0.6 is 0 Å². The van der Waals surface area contributed by atoms with Crippen LogP contribution in [0.25, 0.3) is 0 Å². The van der Waals surface area contributed by atoms with Crippen LogP contribution in [-0.4, -0.2) is 33.6 Å². The number of carbonyl (C=O) groups is 1. The third-order valence-electron chi connectivity index (χ3n) is 4.41. The van der Waals surface area contributed by atoms with Gasteiger partial charge in [0.25, 0.3) is 0 Å². The summed E-state index contributed by atoms with van der Waals surface area (Å²) in [7, 11) is 0. The first-order valence-corrected chi connectivity index (χ1v) is 7.59. The van der Waals surface area contributed by atoms with Crippen LogP contribution in [0.15, 0.2) is 6.33 Å². The summed E-state index contributed by atoms with van der Waals surface area (Å²) in [4.78, 5) is 22.4. The number of rotatable bonds is 2. The SMILES string of the molecule is O=C(O)C1CCCCCN1c1ncnc2c1CCCC2. The third-order valence-corrected chi connectivity index (χ3v) is 4.41. The molecule has 0 aromatic carbocycles. The number of aryl methyl sites for hydroxylation is 1. The van der Waals surface area contributed by atoms with Gasteiger partial charge >= 0.3 is 5.97 Å². The first-order chi connectivity index (χ1) is 9.77. The Labute approximate surface area is 119 Å². The standard InChI is InChI=1S/C15H21N3O2/c19-15(20)13-8-2-1-5-9-18(13)14-11-6-3-4-7-12(11)16-10-17-14/h10,13H,1-9H2,(H,19,20). The lowest BCUT2D eigenvalue weighted by atomic mass is 9.95. The van der Waals surface area contributed by atoms with Crippen LogP contribution in [0.5, 0.6) is 0 Å². The van der Waals surface area contributed by atoms with E-state index in [2.05, 4.69) is 9.97 Å². The molecule has 5 heteroatoms. The predicted octanol–water partition coefficient (Wildman–Crippen LogP) is 2.19. The highest BCUT2D eigenvalue weighted by atomic mass is 16.4. The molecule has 1 fully saturated rings. The highest BCUT2D eigenvalue weighted by molar-refractivity contribution is 5.78. The molecule has 3 rings (SSSR count). The van der Waals surface area contributed by atoms with Gasteiger partial charge in [-0.2, -0.15) is 0 Å². The number of fused-ring (bicyclic) bond motifs is 1. The number of nitrogens with zero attached hydrogens (tertiary/aromatic N) is 3. The Hall–Kier alpha value is -1.65. The minimum Gasteiger partial charge on any atom is -0.480 e. The van der Waals surface area contributed by atoms with E-state index in [0.717, 1.165) is 56.6 Å². The zero-order valence-corrected chi connectivity index (χ0v) is 11.7. The Morgan fingerprint density at radius 2 is 2.00 bits per heavy atom. The summed E-state index contributed by atoms with van der Waals surface area (Å²) in [6, 6.07) is -0.432. The Balaban J connectivity index is 1.98. The van der Waals surface area contributed by atoms with Gasteiger partial charge in [0.15, 0.2) is 0 Å². The van der Waals surface area contributed by atoms with Crippen molar-refractivity contribution in [1.82, 2.24) is 9.97 Å². The van der Waals surface area contributed by atoms with Gasteiger partial charge in [0.1, 0.15) is 18.2 Å². The van der Waals surface area contributed by atoms with Gasteiger partial charge in [-0.3, -0.25) is 0 Å². The molecule has 0 saturated carbocycles. The molecule has 1 atom stereocenters. The fraction of sp³-hybridized carbons (Fsp3) is 0.667. The summed E-state index contributed by atoms with van der Waals surface area (Å²) >= 11 is 0. The molecule has 108 valence electrons. The maximum Gasteiger partial charge on any atom is 0.326 e. The number of carboxylic acid groups (broad SMARTS) is 1. The van der Waals surface area contributed by atoms with Crippen molar-refractivity contribution in [2.24, 2.45) is 0 Å². The maximum absolute atomic E-state index is 11.6. The Kier molecular flexibility index (Phi) is 3.85. The van der Waals surface area contributed by atoms with Gasteiger partial charge in [0, 0.05) is 17.8 Å². The topological polar surface area (TPSA) is 66.3 Å². The first kappa shape index (κ1) is 13.3. The maximum atomic E-state index is 11.6. The first-order valence-electron chi connectivity index (χ1n) is 7.59. The predicted molar refractivity (Wildman–Crippen MR) is 75.9 cm³/mol. The second kappa shape index (κ2) is 5.77. The zero-order valence-electron chi connectivity index (χ0n) is 11.7. The number of hydrogen-bond acceptors (Lipinski definition) is 4. The third kappa shape index (κ3) is 2.49. The summed E-state index contributed by atoms with van der Waals surface area (Å²) in [5, 5.41) is 9.51. The Morgan fingerprint density at radius 3 is 2.85 bits per heavy atom. The lowest BCUT2D eigenvalue weighted by Gasteiger charge is -2.31. The number of aromatic nitrogens is 2. The number of aliphatic carboxylic acids is 1. The molecule has 0 spiro atoms. The van der Waals surface area contributed by atoms with Gasteiger partial charge in [-0.1, -0.05) is 12.8 Å². The summed E-state index contributed by atoms with van der Waals surface area (Å²) < 4.78 is 0. The minimum absolute atomic E-state index is 0.432. The largest absolute Gasteiger partial charge is 0.480 e. The van der Waals surface area contributed by atoms with Crippen LogP contribution in [0.2, 0.25) is 0 Å². The van der Waals surface area contributed by atoms with E-state index in [1.807, 2.05) is 4.90 Å². The summed E-state index contributed by atoms with van der Waals surface area (Å²) in [6.45, 7) is 0.792. The van der Waals surface area contributed by atoms with E-state index in [9.17, 15) is 9.90 Å². The highest BCUT2D eigenvalue weighted by Crippen LogP contribution is 2.30. The van der Waals surface area contributed by atoms with E-state index in [1.54, 1.807) is 6.33 Å². The van der Waals surface area contributed by atoms with Gasteiger partial charge < -0.3 is 10.0 Å². The zero-order chi connectivity index (χ0) is 13.9. The molecule has 1 aliphatic heterocycles. The normalized spacial score (nSPS) is 23.0. The molecule has 1 N–H and O–H groups in total. The lowest BCUT2D eigenvalue weighted by molar-refractivity contribution is -0.138. The van der Waals surface area contributed by atoms with E-state index in [-0.39, 0.29) is 0 Å². The van der Waals surface area contributed by atoms with Crippen molar-refractivity contribution in [3.8, 4) is 0 Å². The number of carboxylic acids is 1. The van der Waals surface area contributed by atoms with Crippen molar-refractivity contribution in [2.45, 2.75) is 57.4 Å². The van der Waals surface area contributed by atoms with Crippen LogP contribution in [0.1, 0.15) is 49.8 Å². The van der Waals surface area contributed by atoms with Crippen LogP contribution in [0.3, 0.4) is 0 Å². The molecule has 2 aliphatic rings. The van der Waals surface area contributed by atoms with E-state index >= 15 is 0 Å². The molecule has 1 saturated heterocycles. The van der Waals surface area contributed by atoms with Crippen molar-refractivity contribution < 1.29 is 9.90 Å². The Morgan fingerprint density at radius 1 is 1.15 bits per heavy atom. The molecule has 0 radical (unpaired) electrons. The second-order valence-corrected chi connectivity index (χ2v) is 5.73. The van der Waals surface area contributed by atoms with Crippen LogP contribution in [-0.2, 0) is 17.6 Å². The van der Waals surface area contributed by atoms with Crippen molar-refractivity contribution in [3.63, 3.8) is 0 Å². The molecular weight excluding hydrogens is 254 g/mol. The summed E-state index contributed by atoms with van der Waals surface area (Å²) in [5.74, 6) is 0.152. The average molecular weight is 275 g/mol. The molecule has 1 aromatic heterocycles. The van der Waals surface area contributed by atoms with E-state index in [1.165, 1.54) is 12.0 Å². The Bertz CT molecular complexity index is 504. The van der Waals surface area contributed by atoms with Gasteiger partial charge in [-0.25, -0.2) is 14.8 Å². The fourth-order valence-corrected chi connectivity index (χ4v) is 3.37. The van der Waals surface area contributed by atoms with Crippen molar-refractivity contribution in [1.29, 1.82) is 0 Å². The van der Waals surface area contributed by atoms with Crippen LogP contribution in [0, 0.1) is 0 Å². The van der Waals surface area contributed by atoms with Gasteiger partial charge in [0.2, 0.25) is 0 Å². The van der Waals surface area contributed by atoms with Gasteiger partial charge in [0.05, 0.1) is 0 Å². The van der Waals surface area contributed by atoms with Crippen molar-refractivity contribution in [3.05, 3.63) is 17.6 Å². The molecule has 1 unspecified atom stereocenters. The quantitative estimate of drug-likeness (QED) is 0.896. The lowest BCUT2D eigenvalue weighted by Crippen LogP contribution is -2.42. The number of anilines is 1. The monoisotopic (exact) mass is 275 g/mol. The van der Waals surface area contributed by atoms with E-state index < -0.39 is 12.0 Å². The fourth-order valence-electron chi connectivity index (χ4n) is 3.37. The average Bonchev–Trinajstić information content (AvgIpc) is 2.72. The van der Waals surface area contributed by atoms with Crippen LogP contribution < -0.4 is 4.90 Å². The minimum atomic E-state index is -0.727. The molecule has 2 heterocycles. The second-order valence-electron chi connectivity index (χ2n) is 5.73. The summed E-state index contributed by atoms with van der Waals surface area (Å²) in [6.07, 6.45) is 9.75. The number of hydrogen-bond donors (Lipinski definition) is 1. The van der Waals surface area contributed by atoms with Gasteiger partial charge in [-0.15, -0.1) is 0 Å². The smallest absolute Gasteiger partial charge is 0.326 e. The molecule has 0 amide bonds. The van der Waals surface area contributed by atoms with Crippen molar-refractivity contribution in [2.75, 3.05) is 11.4 Å². The molecule has 1 aliphatic carbocycles.